The van der Waals surface area contributed by atoms with Gasteiger partial charge in [-0.15, -0.1) is 6.58 Å². The highest BCUT2D eigenvalue weighted by Crippen LogP contribution is 2.12. The monoisotopic (exact) mass is 345 g/mol. The van der Waals surface area contributed by atoms with Gasteiger partial charge in [-0.3, -0.25) is 4.79 Å². The molecule has 0 fully saturated rings. The highest BCUT2D eigenvalue weighted by atomic mass is 16.2. The summed E-state index contributed by atoms with van der Waals surface area (Å²) in [6.45, 7) is 9.29. The Hall–Kier alpha value is -2.50. The minimum Gasteiger partial charge on any atom is -0.372 e. The minimum absolute atomic E-state index is 0.0269. The second-order valence-electron chi connectivity index (χ2n) is 5.82. The number of aliphatic imine (C=N–C) groups is 1. The first-order valence-corrected chi connectivity index (χ1v) is 8.71. The molecule has 0 radical (unpaired) electrons. The van der Waals surface area contributed by atoms with Crippen LogP contribution >= 0.6 is 0 Å². The maximum atomic E-state index is 11.7. The first kappa shape index (κ1) is 20.5. The first-order valence-electron chi connectivity index (χ1n) is 8.71. The zero-order valence-electron chi connectivity index (χ0n) is 15.7. The van der Waals surface area contributed by atoms with Crippen molar-refractivity contribution in [1.82, 2.24) is 15.5 Å². The van der Waals surface area contributed by atoms with E-state index in [1.165, 1.54) is 10.6 Å². The third-order valence-electron chi connectivity index (χ3n) is 3.69. The average molecular weight is 345 g/mol. The maximum absolute atomic E-state index is 11.7. The molecule has 2 N–H and O–H groups in total. The van der Waals surface area contributed by atoms with E-state index in [1.807, 2.05) is 6.07 Å². The molecule has 0 unspecified atom stereocenters. The zero-order valence-corrected chi connectivity index (χ0v) is 15.7. The molecule has 0 aliphatic rings. The molecule has 1 aromatic carbocycles. The molecular formula is C19H31N5O. The van der Waals surface area contributed by atoms with Gasteiger partial charge in [-0.2, -0.15) is 0 Å². The smallest absolute Gasteiger partial charge is 0.243 e. The molecule has 0 aliphatic carbocycles. The Labute approximate surface area is 151 Å². The van der Waals surface area contributed by atoms with Crippen LogP contribution in [0.3, 0.4) is 0 Å². The van der Waals surface area contributed by atoms with Gasteiger partial charge in [0.25, 0.3) is 0 Å². The standard InChI is InChI=1S/C19H31N5O/c1-5-13-20-19(22-16-18(25)23(3)4)21-14-10-15-24(6-2)17-11-8-7-9-12-17/h5,7-9,11-12H,1,6,10,13-16H2,2-4H3,(H2,20,21,22). The molecular weight excluding hydrogens is 314 g/mol. The number of carbonyl (C=O) groups is 1. The summed E-state index contributed by atoms with van der Waals surface area (Å²) in [5.74, 6) is 0.610. The van der Waals surface area contributed by atoms with E-state index in [9.17, 15) is 4.79 Å². The number of anilines is 1. The lowest BCUT2D eigenvalue weighted by molar-refractivity contribution is -0.127. The number of para-hydroxylation sites is 1. The number of nitrogens with one attached hydrogen (secondary N) is 2. The van der Waals surface area contributed by atoms with Crippen LogP contribution in [0.4, 0.5) is 5.69 Å². The summed E-state index contributed by atoms with van der Waals surface area (Å²) >= 11 is 0. The Kier molecular flexibility index (Phi) is 9.82. The van der Waals surface area contributed by atoms with E-state index in [4.69, 9.17) is 0 Å². The number of hydrogen-bond acceptors (Lipinski definition) is 3. The van der Waals surface area contributed by atoms with Gasteiger partial charge in [-0.1, -0.05) is 24.3 Å². The molecule has 6 heteroatoms. The second-order valence-corrected chi connectivity index (χ2v) is 5.82. The quantitative estimate of drug-likeness (QED) is 0.293. The Balaban J connectivity index is 2.46. The normalized spacial score (nSPS) is 10.9. The van der Waals surface area contributed by atoms with Crippen molar-refractivity contribution in [3.63, 3.8) is 0 Å². The van der Waals surface area contributed by atoms with Gasteiger partial charge >= 0.3 is 0 Å². The van der Waals surface area contributed by atoms with Crippen molar-refractivity contribution < 1.29 is 4.79 Å². The number of nitrogens with zero attached hydrogens (tertiary/aromatic N) is 3. The lowest BCUT2D eigenvalue weighted by atomic mass is 10.2. The summed E-state index contributed by atoms with van der Waals surface area (Å²) < 4.78 is 0. The molecule has 0 aliphatic heterocycles. The van der Waals surface area contributed by atoms with Crippen molar-refractivity contribution in [2.45, 2.75) is 13.3 Å². The topological polar surface area (TPSA) is 60.0 Å². The van der Waals surface area contributed by atoms with Crippen molar-refractivity contribution in [1.29, 1.82) is 0 Å². The van der Waals surface area contributed by atoms with Crippen LogP contribution in [0.2, 0.25) is 0 Å². The lowest BCUT2D eigenvalue weighted by Gasteiger charge is -2.23. The summed E-state index contributed by atoms with van der Waals surface area (Å²) in [6.07, 6.45) is 2.73. The number of hydrogen-bond donors (Lipinski definition) is 2. The molecule has 25 heavy (non-hydrogen) atoms. The summed E-state index contributed by atoms with van der Waals surface area (Å²) in [4.78, 5) is 19.9. The minimum atomic E-state index is -0.0269. The zero-order chi connectivity index (χ0) is 18.5. The van der Waals surface area contributed by atoms with Gasteiger partial charge < -0.3 is 20.4 Å². The van der Waals surface area contributed by atoms with E-state index in [-0.39, 0.29) is 12.5 Å². The summed E-state index contributed by atoms with van der Waals surface area (Å²) in [5.41, 5.74) is 1.24. The van der Waals surface area contributed by atoms with Gasteiger partial charge in [-0.05, 0) is 25.5 Å². The van der Waals surface area contributed by atoms with Crippen molar-refractivity contribution in [2.75, 3.05) is 51.7 Å². The van der Waals surface area contributed by atoms with E-state index in [1.54, 1.807) is 20.2 Å². The van der Waals surface area contributed by atoms with Crippen molar-refractivity contribution in [2.24, 2.45) is 4.99 Å². The molecule has 1 amide bonds. The molecule has 6 nitrogen and oxygen atoms in total. The van der Waals surface area contributed by atoms with Crippen molar-refractivity contribution in [3.05, 3.63) is 43.0 Å². The lowest BCUT2D eigenvalue weighted by Crippen LogP contribution is -2.40. The molecule has 138 valence electrons. The summed E-state index contributed by atoms with van der Waals surface area (Å²) in [7, 11) is 3.45. The summed E-state index contributed by atoms with van der Waals surface area (Å²) in [6, 6.07) is 10.4. The molecule has 1 rings (SSSR count). The number of rotatable bonds is 10. The van der Waals surface area contributed by atoms with Crippen LogP contribution in [0.15, 0.2) is 48.0 Å². The fraction of sp³-hybridized carbons (Fsp3) is 0.474. The van der Waals surface area contributed by atoms with Gasteiger partial charge in [0.1, 0.15) is 6.54 Å². The van der Waals surface area contributed by atoms with Gasteiger partial charge in [0.2, 0.25) is 5.91 Å². The Morgan fingerprint density at radius 3 is 2.56 bits per heavy atom. The van der Waals surface area contributed by atoms with Crippen LogP contribution in [-0.2, 0) is 4.79 Å². The number of carbonyl (C=O) groups excluding carboxylic acids is 1. The third kappa shape index (κ3) is 8.24. The number of amides is 1. The molecule has 0 atom stereocenters. The van der Waals surface area contributed by atoms with Crippen molar-refractivity contribution in [3.8, 4) is 0 Å². The van der Waals surface area contributed by atoms with Crippen LogP contribution in [0.25, 0.3) is 0 Å². The molecule has 0 spiro atoms. The molecule has 0 saturated heterocycles. The Morgan fingerprint density at radius 2 is 1.96 bits per heavy atom. The van der Waals surface area contributed by atoms with Gasteiger partial charge in [0.15, 0.2) is 5.96 Å². The maximum Gasteiger partial charge on any atom is 0.243 e. The molecule has 1 aromatic rings. The fourth-order valence-electron chi connectivity index (χ4n) is 2.22. The Morgan fingerprint density at radius 1 is 1.24 bits per heavy atom. The number of likely N-dealkylation sites (N-methyl/N-ethyl adjacent to an activating group) is 1. The van der Waals surface area contributed by atoms with Crippen LogP contribution in [0.1, 0.15) is 13.3 Å². The molecule has 0 saturated carbocycles. The largest absolute Gasteiger partial charge is 0.372 e. The molecule has 0 bridgehead atoms. The van der Waals surface area contributed by atoms with Crippen molar-refractivity contribution >= 4 is 17.6 Å². The van der Waals surface area contributed by atoms with Crippen LogP contribution in [0.5, 0.6) is 0 Å². The van der Waals surface area contributed by atoms with Crippen LogP contribution < -0.4 is 15.5 Å². The molecule has 0 heterocycles. The van der Waals surface area contributed by atoms with E-state index in [0.29, 0.717) is 12.5 Å². The van der Waals surface area contributed by atoms with Gasteiger partial charge in [0, 0.05) is 46.0 Å². The number of guanidine groups is 1. The van der Waals surface area contributed by atoms with E-state index >= 15 is 0 Å². The second kappa shape index (κ2) is 11.9. The predicted molar refractivity (Wildman–Crippen MR) is 106 cm³/mol. The highest BCUT2D eigenvalue weighted by molar-refractivity contribution is 5.84. The van der Waals surface area contributed by atoms with E-state index in [0.717, 1.165) is 26.1 Å². The highest BCUT2D eigenvalue weighted by Gasteiger charge is 2.05. The van der Waals surface area contributed by atoms with E-state index < -0.39 is 0 Å². The van der Waals surface area contributed by atoms with Gasteiger partial charge in [0.05, 0.1) is 0 Å². The fourth-order valence-corrected chi connectivity index (χ4v) is 2.22. The summed E-state index contributed by atoms with van der Waals surface area (Å²) in [5, 5.41) is 6.41. The Bertz CT molecular complexity index is 542. The number of benzene rings is 1. The van der Waals surface area contributed by atoms with E-state index in [2.05, 4.69) is 58.3 Å². The third-order valence-corrected chi connectivity index (χ3v) is 3.69. The first-order chi connectivity index (χ1) is 12.1. The predicted octanol–water partition coefficient (Wildman–Crippen LogP) is 1.71. The van der Waals surface area contributed by atoms with Gasteiger partial charge in [-0.25, -0.2) is 4.99 Å². The van der Waals surface area contributed by atoms with Crippen LogP contribution in [-0.4, -0.2) is 63.6 Å². The average Bonchev–Trinajstić information content (AvgIpc) is 2.63. The SMILES string of the molecule is C=CCNC(=NCC(=O)N(C)C)NCCCN(CC)c1ccccc1. The molecule has 0 aromatic heterocycles. The van der Waals surface area contributed by atoms with Crippen LogP contribution in [0, 0.1) is 0 Å².